The maximum atomic E-state index is 5.75. The van der Waals surface area contributed by atoms with Crippen LogP contribution in [0.3, 0.4) is 0 Å². The minimum atomic E-state index is -0.281. The first-order valence-electron chi connectivity index (χ1n) is 6.62. The number of hydrogen-bond donors (Lipinski definition) is 1. The molecule has 18 heavy (non-hydrogen) atoms. The van der Waals surface area contributed by atoms with Gasteiger partial charge >= 0.3 is 0 Å². The molecule has 0 bridgehead atoms. The van der Waals surface area contributed by atoms with Crippen molar-refractivity contribution in [1.82, 2.24) is 0 Å². The zero-order valence-corrected chi connectivity index (χ0v) is 10.8. The zero-order valence-electron chi connectivity index (χ0n) is 10.8. The molecule has 1 aromatic carbocycles. The molecule has 2 saturated heterocycles. The van der Waals surface area contributed by atoms with E-state index in [1.807, 2.05) is 7.05 Å². The fourth-order valence-corrected chi connectivity index (χ4v) is 2.75. The number of nitrogens with zero attached hydrogens (tertiary/aromatic N) is 1. The zero-order chi connectivity index (χ0) is 12.4. The fourth-order valence-electron chi connectivity index (χ4n) is 2.75. The van der Waals surface area contributed by atoms with E-state index in [0.717, 1.165) is 44.8 Å². The van der Waals surface area contributed by atoms with Crippen LogP contribution in [0.1, 0.15) is 12.8 Å². The number of hydrogen-bond acceptors (Lipinski definition) is 4. The smallest absolute Gasteiger partial charge is 0.171 e. The Bertz CT molecular complexity index is 406. The Morgan fingerprint density at radius 3 is 2.56 bits per heavy atom. The third-order valence-electron chi connectivity index (χ3n) is 3.84. The van der Waals surface area contributed by atoms with Gasteiger partial charge < -0.3 is 19.7 Å². The predicted molar refractivity (Wildman–Crippen MR) is 72.1 cm³/mol. The summed E-state index contributed by atoms with van der Waals surface area (Å²) in [5.41, 5.74) is 2.43. The van der Waals surface area contributed by atoms with Crippen LogP contribution in [-0.4, -0.2) is 39.1 Å². The molecule has 2 heterocycles. The average Bonchev–Trinajstić information content (AvgIpc) is 2.88. The van der Waals surface area contributed by atoms with Crippen LogP contribution in [0.25, 0.3) is 0 Å². The van der Waals surface area contributed by atoms with E-state index in [4.69, 9.17) is 9.47 Å². The van der Waals surface area contributed by atoms with Crippen LogP contribution in [0.4, 0.5) is 11.4 Å². The number of ether oxygens (including phenoxy) is 2. The average molecular weight is 248 g/mol. The molecular weight excluding hydrogens is 228 g/mol. The number of rotatable bonds is 2. The first-order valence-corrected chi connectivity index (χ1v) is 6.62. The highest BCUT2D eigenvalue weighted by Gasteiger charge is 2.39. The number of benzene rings is 1. The topological polar surface area (TPSA) is 33.7 Å². The Balaban J connectivity index is 1.68. The number of anilines is 2. The molecule has 0 atom stereocenters. The van der Waals surface area contributed by atoms with Gasteiger partial charge in [-0.3, -0.25) is 0 Å². The Hall–Kier alpha value is -1.26. The van der Waals surface area contributed by atoms with Gasteiger partial charge in [0.15, 0.2) is 5.79 Å². The Morgan fingerprint density at radius 1 is 1.17 bits per heavy atom. The lowest BCUT2D eigenvalue weighted by Gasteiger charge is -2.38. The molecule has 2 fully saturated rings. The Labute approximate surface area is 108 Å². The van der Waals surface area contributed by atoms with Gasteiger partial charge in [-0.2, -0.15) is 0 Å². The summed E-state index contributed by atoms with van der Waals surface area (Å²) < 4.78 is 11.5. The van der Waals surface area contributed by atoms with Crippen LogP contribution in [0.15, 0.2) is 24.3 Å². The van der Waals surface area contributed by atoms with Crippen molar-refractivity contribution in [2.24, 2.45) is 0 Å². The van der Waals surface area contributed by atoms with E-state index in [2.05, 4.69) is 34.5 Å². The highest BCUT2D eigenvalue weighted by atomic mass is 16.7. The molecule has 0 amide bonds. The maximum Gasteiger partial charge on any atom is 0.171 e. The van der Waals surface area contributed by atoms with Crippen LogP contribution in [0.5, 0.6) is 0 Å². The standard InChI is InChI=1S/C14H20N2O2/c1-15-12-3-2-4-13(11-12)16-7-5-14(6-8-16)17-9-10-18-14/h2-4,11,15H,5-10H2,1H3. The first-order chi connectivity index (χ1) is 8.81. The molecule has 0 radical (unpaired) electrons. The van der Waals surface area contributed by atoms with E-state index in [-0.39, 0.29) is 5.79 Å². The van der Waals surface area contributed by atoms with Crippen LogP contribution >= 0.6 is 0 Å². The van der Waals surface area contributed by atoms with Gasteiger partial charge in [-0.05, 0) is 18.2 Å². The highest BCUT2D eigenvalue weighted by molar-refractivity contribution is 5.58. The summed E-state index contributed by atoms with van der Waals surface area (Å²) in [6.07, 6.45) is 1.91. The summed E-state index contributed by atoms with van der Waals surface area (Å²) in [7, 11) is 1.95. The summed E-state index contributed by atoms with van der Waals surface area (Å²) in [5, 5.41) is 3.18. The lowest BCUT2D eigenvalue weighted by Crippen LogP contribution is -2.45. The summed E-state index contributed by atoms with van der Waals surface area (Å²) >= 11 is 0. The molecule has 2 aliphatic rings. The molecule has 0 saturated carbocycles. The van der Waals surface area contributed by atoms with Crippen LogP contribution in [0, 0.1) is 0 Å². The minimum absolute atomic E-state index is 0.281. The second-order valence-corrected chi connectivity index (χ2v) is 4.89. The molecule has 3 rings (SSSR count). The van der Waals surface area contributed by atoms with Crippen LogP contribution in [-0.2, 0) is 9.47 Å². The second-order valence-electron chi connectivity index (χ2n) is 4.89. The van der Waals surface area contributed by atoms with E-state index in [1.54, 1.807) is 0 Å². The molecule has 4 heteroatoms. The molecule has 0 aromatic heterocycles. The van der Waals surface area contributed by atoms with E-state index in [9.17, 15) is 0 Å². The van der Waals surface area contributed by atoms with Gasteiger partial charge in [0, 0.05) is 44.4 Å². The van der Waals surface area contributed by atoms with E-state index in [1.165, 1.54) is 5.69 Å². The highest BCUT2D eigenvalue weighted by Crippen LogP contribution is 2.33. The largest absolute Gasteiger partial charge is 0.388 e. The van der Waals surface area contributed by atoms with Gasteiger partial charge in [0.1, 0.15) is 0 Å². The molecule has 1 aromatic rings. The summed E-state index contributed by atoms with van der Waals surface area (Å²) in [6, 6.07) is 8.52. The van der Waals surface area contributed by atoms with Crippen LogP contribution < -0.4 is 10.2 Å². The van der Waals surface area contributed by atoms with Gasteiger partial charge in [0.05, 0.1) is 13.2 Å². The van der Waals surface area contributed by atoms with E-state index < -0.39 is 0 Å². The van der Waals surface area contributed by atoms with Crippen LogP contribution in [0.2, 0.25) is 0 Å². The SMILES string of the molecule is CNc1cccc(N2CCC3(CC2)OCCO3)c1. The van der Waals surface area contributed by atoms with Crippen molar-refractivity contribution in [1.29, 1.82) is 0 Å². The lowest BCUT2D eigenvalue weighted by atomic mass is 10.0. The summed E-state index contributed by atoms with van der Waals surface area (Å²) in [5.74, 6) is -0.281. The Kier molecular flexibility index (Phi) is 3.14. The van der Waals surface area contributed by atoms with Crippen molar-refractivity contribution in [3.63, 3.8) is 0 Å². The summed E-state index contributed by atoms with van der Waals surface area (Å²) in [4.78, 5) is 2.40. The van der Waals surface area contributed by atoms with Gasteiger partial charge in [-0.15, -0.1) is 0 Å². The quantitative estimate of drug-likeness (QED) is 0.868. The number of nitrogens with one attached hydrogen (secondary N) is 1. The van der Waals surface area contributed by atoms with E-state index >= 15 is 0 Å². The van der Waals surface area contributed by atoms with Gasteiger partial charge in [-0.1, -0.05) is 6.07 Å². The maximum absolute atomic E-state index is 5.75. The lowest BCUT2D eigenvalue weighted by molar-refractivity contribution is -0.169. The van der Waals surface area contributed by atoms with Crippen molar-refractivity contribution >= 4 is 11.4 Å². The minimum Gasteiger partial charge on any atom is -0.388 e. The molecule has 2 aliphatic heterocycles. The fraction of sp³-hybridized carbons (Fsp3) is 0.571. The predicted octanol–water partition coefficient (Wildman–Crippen LogP) is 2.07. The van der Waals surface area contributed by atoms with Crippen molar-refractivity contribution in [3.05, 3.63) is 24.3 Å². The van der Waals surface area contributed by atoms with Crippen molar-refractivity contribution in [2.45, 2.75) is 18.6 Å². The normalized spacial score (nSPS) is 22.4. The van der Waals surface area contributed by atoms with Crippen molar-refractivity contribution < 1.29 is 9.47 Å². The van der Waals surface area contributed by atoms with Gasteiger partial charge in [0.25, 0.3) is 0 Å². The third kappa shape index (κ3) is 2.18. The van der Waals surface area contributed by atoms with Crippen molar-refractivity contribution in [2.75, 3.05) is 43.6 Å². The van der Waals surface area contributed by atoms with Gasteiger partial charge in [-0.25, -0.2) is 0 Å². The first kappa shape index (κ1) is 11.8. The molecule has 98 valence electrons. The molecule has 1 spiro atoms. The Morgan fingerprint density at radius 2 is 1.89 bits per heavy atom. The molecule has 4 nitrogen and oxygen atoms in total. The summed E-state index contributed by atoms with van der Waals surface area (Å²) in [6.45, 7) is 3.48. The van der Waals surface area contributed by atoms with Gasteiger partial charge in [0.2, 0.25) is 0 Å². The molecule has 0 unspecified atom stereocenters. The molecule has 1 N–H and O–H groups in total. The monoisotopic (exact) mass is 248 g/mol. The molecule has 0 aliphatic carbocycles. The number of piperidine rings is 1. The molecular formula is C14H20N2O2. The second kappa shape index (κ2) is 4.78. The third-order valence-corrected chi connectivity index (χ3v) is 3.84. The van der Waals surface area contributed by atoms with Crippen molar-refractivity contribution in [3.8, 4) is 0 Å². The van der Waals surface area contributed by atoms with E-state index in [0.29, 0.717) is 0 Å².